The molecule has 0 spiro atoms. The minimum absolute atomic E-state index is 0.135. The van der Waals surface area contributed by atoms with Crippen molar-refractivity contribution in [2.75, 3.05) is 45.9 Å². The molecule has 1 aromatic heterocycles. The highest BCUT2D eigenvalue weighted by Gasteiger charge is 2.35. The summed E-state index contributed by atoms with van der Waals surface area (Å²) in [6.45, 7) is 5.49. The van der Waals surface area contributed by atoms with Gasteiger partial charge in [-0.3, -0.25) is 0 Å². The van der Waals surface area contributed by atoms with Crippen molar-refractivity contribution in [2.24, 2.45) is 5.92 Å². The van der Waals surface area contributed by atoms with Gasteiger partial charge in [-0.25, -0.2) is 13.4 Å². The van der Waals surface area contributed by atoms with Crippen molar-refractivity contribution in [1.29, 1.82) is 0 Å². The molecule has 6 nitrogen and oxygen atoms in total. The zero-order chi connectivity index (χ0) is 18.2. The number of alkyl halides is 3. The lowest BCUT2D eigenvalue weighted by Crippen LogP contribution is -2.51. The number of hydrogen-bond donors (Lipinski definition) is 0. The van der Waals surface area contributed by atoms with Gasteiger partial charge in [0, 0.05) is 38.6 Å². The average molecular weight is 379 g/mol. The summed E-state index contributed by atoms with van der Waals surface area (Å²) < 4.78 is 70.0. The third-order valence-corrected chi connectivity index (χ3v) is 6.53. The summed E-state index contributed by atoms with van der Waals surface area (Å²) in [6, 6.07) is 1.71. The van der Waals surface area contributed by atoms with Crippen LogP contribution in [0.2, 0.25) is 0 Å². The fourth-order valence-electron chi connectivity index (χ4n) is 3.03. The fraction of sp³-hybridized carbons (Fsp3) is 0.667. The van der Waals surface area contributed by atoms with Gasteiger partial charge in [0.2, 0.25) is 10.0 Å². The summed E-state index contributed by atoms with van der Waals surface area (Å²) in [5.41, 5.74) is -1.22. The summed E-state index contributed by atoms with van der Waals surface area (Å²) in [6.07, 6.45) is -4.59. The fourth-order valence-corrected chi connectivity index (χ4v) is 4.61. The number of piperazine rings is 1. The lowest BCUT2D eigenvalue weighted by molar-refractivity contribution is -0.141. The van der Waals surface area contributed by atoms with E-state index in [9.17, 15) is 21.6 Å². The van der Waals surface area contributed by atoms with Gasteiger partial charge in [-0.1, -0.05) is 0 Å². The third kappa shape index (κ3) is 3.97. The Balaban J connectivity index is 1.69. The Morgan fingerprint density at radius 3 is 2.32 bits per heavy atom. The van der Waals surface area contributed by atoms with Crippen molar-refractivity contribution >= 4 is 10.0 Å². The van der Waals surface area contributed by atoms with Gasteiger partial charge in [0.05, 0.1) is 18.9 Å². The third-order valence-electron chi connectivity index (χ3n) is 4.50. The molecular weight excluding hydrogens is 359 g/mol. The van der Waals surface area contributed by atoms with Gasteiger partial charge >= 0.3 is 6.18 Å². The second-order valence-corrected chi connectivity index (χ2v) is 8.29. The molecule has 0 radical (unpaired) electrons. The maximum absolute atomic E-state index is 12.7. The second kappa shape index (κ2) is 6.82. The lowest BCUT2D eigenvalue weighted by Gasteiger charge is -2.37. The van der Waals surface area contributed by atoms with Crippen LogP contribution in [-0.4, -0.2) is 68.5 Å². The van der Waals surface area contributed by atoms with E-state index in [2.05, 4.69) is 9.88 Å². The lowest BCUT2D eigenvalue weighted by atomic mass is 10.1. The topological polar surface area (TPSA) is 62.7 Å². The molecule has 0 unspecified atom stereocenters. The molecule has 2 aliphatic rings. The molecule has 1 aromatic rings. The van der Waals surface area contributed by atoms with E-state index < -0.39 is 21.9 Å². The minimum Gasteiger partial charge on any atom is -0.381 e. The summed E-state index contributed by atoms with van der Waals surface area (Å²) in [4.78, 5) is 5.45. The number of halogens is 3. The number of sulfonamides is 1. The van der Waals surface area contributed by atoms with Crippen molar-refractivity contribution in [3.05, 3.63) is 23.5 Å². The first-order valence-corrected chi connectivity index (χ1v) is 9.47. The highest BCUT2D eigenvalue weighted by atomic mass is 32.2. The quantitative estimate of drug-likeness (QED) is 0.791. The number of ether oxygens (including phenoxy) is 1. The summed E-state index contributed by atoms with van der Waals surface area (Å²) in [5.74, 6) is 0.504. The predicted molar refractivity (Wildman–Crippen MR) is 83.5 cm³/mol. The van der Waals surface area contributed by atoms with Gasteiger partial charge in [-0.2, -0.15) is 17.5 Å². The highest BCUT2D eigenvalue weighted by molar-refractivity contribution is 7.89. The Morgan fingerprint density at radius 2 is 1.84 bits per heavy atom. The summed E-state index contributed by atoms with van der Waals surface area (Å²) >= 11 is 0. The van der Waals surface area contributed by atoms with Gasteiger partial charge in [-0.15, -0.1) is 0 Å². The summed E-state index contributed by atoms with van der Waals surface area (Å²) in [5, 5.41) is 0. The number of aryl methyl sites for hydroxylation is 1. The Morgan fingerprint density at radius 1 is 1.20 bits per heavy atom. The average Bonchev–Trinajstić information content (AvgIpc) is 2.50. The van der Waals surface area contributed by atoms with Gasteiger partial charge in [0.1, 0.15) is 10.6 Å². The smallest absolute Gasteiger partial charge is 0.381 e. The van der Waals surface area contributed by atoms with Crippen LogP contribution in [0.5, 0.6) is 0 Å². The maximum atomic E-state index is 12.7. The van der Waals surface area contributed by atoms with Crippen LogP contribution in [0.15, 0.2) is 17.0 Å². The number of aromatic nitrogens is 1. The number of rotatable bonds is 4. The molecule has 140 valence electrons. The molecule has 2 saturated heterocycles. The maximum Gasteiger partial charge on any atom is 0.433 e. The molecule has 10 heteroatoms. The molecule has 0 aromatic carbocycles. The Bertz CT molecular complexity index is 727. The van der Waals surface area contributed by atoms with Gasteiger partial charge in [0.25, 0.3) is 0 Å². The SMILES string of the molecule is Cc1nc(C(F)(F)F)ccc1S(=O)(=O)N1CCN(CC2COC2)CC1. The molecule has 3 rings (SSSR count). The van der Waals surface area contributed by atoms with E-state index in [0.29, 0.717) is 38.2 Å². The molecule has 3 heterocycles. The van der Waals surface area contributed by atoms with E-state index in [4.69, 9.17) is 4.74 Å². The number of nitrogens with zero attached hydrogens (tertiary/aromatic N) is 3. The van der Waals surface area contributed by atoms with Gasteiger partial charge in [-0.05, 0) is 19.1 Å². The zero-order valence-corrected chi connectivity index (χ0v) is 14.6. The Kier molecular flexibility index (Phi) is 5.06. The molecule has 0 N–H and O–H groups in total. The van der Waals surface area contributed by atoms with E-state index in [1.54, 1.807) is 0 Å². The first-order chi connectivity index (χ1) is 11.7. The van der Waals surface area contributed by atoms with Crippen molar-refractivity contribution in [3.8, 4) is 0 Å². The standard InChI is InChI=1S/C15H20F3N3O3S/c1-11-13(2-3-14(19-11)15(16,17)18)25(22,23)21-6-4-20(5-7-21)8-12-9-24-10-12/h2-3,12H,4-10H2,1H3. The molecule has 2 fully saturated rings. The van der Waals surface area contributed by atoms with Gasteiger partial charge in [0.15, 0.2) is 0 Å². The van der Waals surface area contributed by atoms with Crippen LogP contribution in [0.3, 0.4) is 0 Å². The molecule has 0 atom stereocenters. The monoisotopic (exact) mass is 379 g/mol. The molecular formula is C15H20F3N3O3S. The minimum atomic E-state index is -4.59. The largest absolute Gasteiger partial charge is 0.433 e. The van der Waals surface area contributed by atoms with E-state index >= 15 is 0 Å². The van der Waals surface area contributed by atoms with Crippen LogP contribution in [0.4, 0.5) is 13.2 Å². The van der Waals surface area contributed by atoms with E-state index in [0.717, 1.165) is 25.8 Å². The first-order valence-electron chi connectivity index (χ1n) is 8.03. The summed E-state index contributed by atoms with van der Waals surface area (Å²) in [7, 11) is -3.85. The van der Waals surface area contributed by atoms with Crippen molar-refractivity contribution < 1.29 is 26.3 Å². The van der Waals surface area contributed by atoms with E-state index in [1.165, 1.54) is 11.2 Å². The van der Waals surface area contributed by atoms with Crippen LogP contribution in [-0.2, 0) is 20.9 Å². The highest BCUT2D eigenvalue weighted by Crippen LogP contribution is 2.30. The van der Waals surface area contributed by atoms with Gasteiger partial charge < -0.3 is 9.64 Å². The first kappa shape index (κ1) is 18.6. The van der Waals surface area contributed by atoms with Crippen molar-refractivity contribution in [1.82, 2.24) is 14.2 Å². The Hall–Kier alpha value is -1.23. The Labute approximate surface area is 144 Å². The van der Waals surface area contributed by atoms with Crippen molar-refractivity contribution in [2.45, 2.75) is 18.0 Å². The number of pyridine rings is 1. The van der Waals surface area contributed by atoms with E-state index in [1.807, 2.05) is 0 Å². The number of hydrogen-bond acceptors (Lipinski definition) is 5. The van der Waals surface area contributed by atoms with Crippen LogP contribution < -0.4 is 0 Å². The zero-order valence-electron chi connectivity index (χ0n) is 13.8. The molecule has 0 bridgehead atoms. The molecule has 0 saturated carbocycles. The normalized spacial score (nSPS) is 21.3. The van der Waals surface area contributed by atoms with Crippen LogP contribution >= 0.6 is 0 Å². The predicted octanol–water partition coefficient (Wildman–Crippen LogP) is 1.36. The molecule has 25 heavy (non-hydrogen) atoms. The molecule has 0 aliphatic carbocycles. The van der Waals surface area contributed by atoms with Crippen molar-refractivity contribution in [3.63, 3.8) is 0 Å². The van der Waals surface area contributed by atoms with E-state index in [-0.39, 0.29) is 10.6 Å². The van der Waals surface area contributed by atoms with Crippen LogP contribution in [0.1, 0.15) is 11.4 Å². The van der Waals surface area contributed by atoms with Crippen LogP contribution in [0, 0.1) is 12.8 Å². The molecule has 2 aliphatic heterocycles. The molecule has 0 amide bonds. The second-order valence-electron chi connectivity index (χ2n) is 6.39. The van der Waals surface area contributed by atoms with Crippen LogP contribution in [0.25, 0.3) is 0 Å².